The molecule has 0 radical (unpaired) electrons. The molecule has 0 aromatic heterocycles. The third kappa shape index (κ3) is 27.5. The zero-order valence-corrected chi connectivity index (χ0v) is 55.3. The van der Waals surface area contributed by atoms with Crippen LogP contribution in [0.4, 0.5) is 0 Å². The van der Waals surface area contributed by atoms with E-state index >= 15 is 0 Å². The van der Waals surface area contributed by atoms with Crippen LogP contribution >= 0.6 is 11.8 Å². The van der Waals surface area contributed by atoms with E-state index < -0.39 is 169 Å². The van der Waals surface area contributed by atoms with Gasteiger partial charge in [-0.05, 0) is 119 Å². The quantitative estimate of drug-likeness (QED) is 0.0173. The number of amides is 13. The number of unbranched alkanes of at least 4 members (excludes halogenated alkanes) is 1. The fourth-order valence-corrected chi connectivity index (χ4v) is 11.5. The van der Waals surface area contributed by atoms with Crippen molar-refractivity contribution in [1.82, 2.24) is 52.3 Å². The Morgan fingerprint density at radius 2 is 1.01 bits per heavy atom. The summed E-state index contributed by atoms with van der Waals surface area (Å²) in [5.74, 6) is -9.80. The van der Waals surface area contributed by atoms with Gasteiger partial charge in [0.15, 0.2) is 5.96 Å². The van der Waals surface area contributed by atoms with Crippen molar-refractivity contribution >= 4 is 94.5 Å². The van der Waals surface area contributed by atoms with Crippen LogP contribution < -0.4 is 82.7 Å². The molecule has 0 bridgehead atoms. The molecular weight excluding hydrogens is 1250 g/mol. The van der Waals surface area contributed by atoms with E-state index in [1.807, 2.05) is 20.1 Å². The summed E-state index contributed by atoms with van der Waals surface area (Å²) in [5.41, 5.74) is 40.6. The average Bonchev–Trinajstić information content (AvgIpc) is 1.74. The number of hydrogen-bond acceptors (Lipinski definition) is 17. The predicted octanol–water partition coefficient (Wildman–Crippen LogP) is -3.71. The fourth-order valence-electron chi connectivity index (χ4n) is 11.0. The molecule has 2 aromatic rings. The number of nitrogens with two attached hydrogens (primary N) is 7. The maximum absolute atomic E-state index is 14.7. The van der Waals surface area contributed by atoms with Crippen molar-refractivity contribution in [2.45, 2.75) is 183 Å². The predicted molar refractivity (Wildman–Crippen MR) is 356 cm³/mol. The Hall–Kier alpha value is -8.91. The molecule has 32 heteroatoms. The van der Waals surface area contributed by atoms with E-state index in [0.29, 0.717) is 55.4 Å². The number of primary amides is 3. The van der Waals surface area contributed by atoms with E-state index in [9.17, 15) is 62.3 Å². The molecule has 0 saturated carbocycles. The highest BCUT2D eigenvalue weighted by molar-refractivity contribution is 7.98. The first-order valence-corrected chi connectivity index (χ1v) is 33.6. The average molecular weight is 1350 g/mol. The first kappa shape index (κ1) is 78.5. The van der Waals surface area contributed by atoms with Gasteiger partial charge >= 0.3 is 0 Å². The summed E-state index contributed by atoms with van der Waals surface area (Å²) < 4.78 is 0. The molecule has 31 nitrogen and oxygen atoms in total. The van der Waals surface area contributed by atoms with Crippen molar-refractivity contribution in [2.24, 2.45) is 51.0 Å². The van der Waals surface area contributed by atoms with Crippen LogP contribution in [-0.4, -0.2) is 198 Å². The highest BCUT2D eigenvalue weighted by Crippen LogP contribution is 2.24. The Morgan fingerprint density at radius 1 is 0.537 bits per heavy atom. The van der Waals surface area contributed by atoms with Crippen molar-refractivity contribution in [2.75, 3.05) is 44.7 Å². The second kappa shape index (κ2) is 41.0. The summed E-state index contributed by atoms with van der Waals surface area (Å²) in [4.78, 5) is 185. The van der Waals surface area contributed by atoms with Crippen molar-refractivity contribution < 1.29 is 62.3 Å². The summed E-state index contributed by atoms with van der Waals surface area (Å²) in [6.07, 6.45) is 3.12. The molecule has 2 aliphatic heterocycles. The van der Waals surface area contributed by atoms with Crippen LogP contribution in [0.5, 0.6) is 0 Å². The number of thioether (sulfide) groups is 1. The van der Waals surface area contributed by atoms with Gasteiger partial charge in [-0.25, -0.2) is 0 Å². The summed E-state index contributed by atoms with van der Waals surface area (Å²) >= 11 is 1.45. The highest BCUT2D eigenvalue weighted by atomic mass is 32.2. The van der Waals surface area contributed by atoms with Crippen LogP contribution in [0.25, 0.3) is 0 Å². The molecule has 4 rings (SSSR count). The number of carbonyl (C=O) groups is 13. The van der Waals surface area contributed by atoms with Gasteiger partial charge in [0, 0.05) is 45.3 Å². The number of nitrogens with zero attached hydrogens (tertiary/aromatic N) is 3. The topological polar surface area (TPSA) is 519 Å². The second-order valence-electron chi connectivity index (χ2n) is 24.1. The van der Waals surface area contributed by atoms with Crippen molar-refractivity contribution in [3.8, 4) is 0 Å². The molecule has 0 aliphatic carbocycles. The van der Waals surface area contributed by atoms with E-state index in [4.69, 9.17) is 40.1 Å². The molecule has 95 heavy (non-hydrogen) atoms. The van der Waals surface area contributed by atoms with Crippen LogP contribution in [0.2, 0.25) is 0 Å². The molecule has 10 atom stereocenters. The molecule has 22 N–H and O–H groups in total. The number of likely N-dealkylation sites (tertiary alicyclic amines) is 2. The molecule has 2 aliphatic rings. The lowest BCUT2D eigenvalue weighted by molar-refractivity contribution is -0.144. The Balaban J connectivity index is 1.56. The van der Waals surface area contributed by atoms with Gasteiger partial charge in [-0.15, -0.1) is 0 Å². The first-order valence-electron chi connectivity index (χ1n) is 32.2. The lowest BCUT2D eigenvalue weighted by atomic mass is 10.0. The molecular formula is C63H98N18O13S. The zero-order valence-electron chi connectivity index (χ0n) is 54.5. The van der Waals surface area contributed by atoms with Crippen LogP contribution in [-0.2, 0) is 75.2 Å². The number of guanidine groups is 1. The first-order chi connectivity index (χ1) is 45.2. The van der Waals surface area contributed by atoms with E-state index in [-0.39, 0.29) is 83.0 Å². The highest BCUT2D eigenvalue weighted by Gasteiger charge is 2.42. The van der Waals surface area contributed by atoms with Crippen LogP contribution in [0.3, 0.4) is 0 Å². The number of aliphatic imine (C=N–C) groups is 1. The largest absolute Gasteiger partial charge is 0.370 e. The maximum Gasteiger partial charge on any atom is 0.245 e. The van der Waals surface area contributed by atoms with Gasteiger partial charge < -0.3 is 92.5 Å². The Labute approximate surface area is 558 Å². The van der Waals surface area contributed by atoms with Gasteiger partial charge in [0.2, 0.25) is 76.8 Å². The Morgan fingerprint density at radius 3 is 1.51 bits per heavy atom. The number of hydrogen-bond donors (Lipinski definition) is 15. The lowest BCUT2D eigenvalue weighted by Crippen LogP contribution is -2.60. The third-order valence-corrected chi connectivity index (χ3v) is 16.7. The minimum absolute atomic E-state index is 0.0736. The fraction of sp³-hybridized carbons (Fsp3) is 0.587. The molecule has 13 amide bonds. The van der Waals surface area contributed by atoms with E-state index in [2.05, 4.69) is 47.5 Å². The van der Waals surface area contributed by atoms with Crippen molar-refractivity contribution in [1.29, 1.82) is 0 Å². The monoisotopic (exact) mass is 1350 g/mol. The smallest absolute Gasteiger partial charge is 0.245 e. The molecule has 524 valence electrons. The Bertz CT molecular complexity index is 2960. The normalized spacial score (nSPS) is 16.8. The van der Waals surface area contributed by atoms with Gasteiger partial charge in [-0.2, -0.15) is 11.8 Å². The number of benzene rings is 2. The van der Waals surface area contributed by atoms with Crippen LogP contribution in [0, 0.1) is 5.92 Å². The maximum atomic E-state index is 14.7. The number of rotatable bonds is 42. The van der Waals surface area contributed by atoms with Gasteiger partial charge in [-0.1, -0.05) is 74.5 Å². The Kier molecular flexibility index (Phi) is 33.9. The summed E-state index contributed by atoms with van der Waals surface area (Å²) in [7, 11) is 0. The van der Waals surface area contributed by atoms with E-state index in [1.54, 1.807) is 60.7 Å². The third-order valence-electron chi connectivity index (χ3n) is 16.0. The summed E-state index contributed by atoms with van der Waals surface area (Å²) in [6, 6.07) is 4.51. The van der Waals surface area contributed by atoms with Gasteiger partial charge in [0.1, 0.15) is 54.4 Å². The minimum atomic E-state index is -1.64. The second-order valence-corrected chi connectivity index (χ2v) is 25.1. The zero-order chi connectivity index (χ0) is 70.1. The van der Waals surface area contributed by atoms with Crippen LogP contribution in [0.15, 0.2) is 65.7 Å². The molecule has 2 heterocycles. The SMILES string of the molecule is CSCC[C@H](NC(=O)[C@@H](CC(C)C)NC(=O)CNC(=O)[C@@H](Cc1ccccc1)NC(=O)[C@H](Cc1ccccc1)NC(=O)[C@@H](CCC(N)=O)NC(=O)[C@H](CCC(N)=O)NC(=O)[C@@H]1CCCN1C(=O)[C@H](CCCCN)NC(=O)[C@H]1CCCN1C(=O)[C@H](N)CCCN=C(N)N)C(N)=O. The van der Waals surface area contributed by atoms with Gasteiger partial charge in [0.25, 0.3) is 0 Å². The van der Waals surface area contributed by atoms with E-state index in [1.165, 1.54) is 21.6 Å². The van der Waals surface area contributed by atoms with Gasteiger partial charge in [-0.3, -0.25) is 67.3 Å². The van der Waals surface area contributed by atoms with Gasteiger partial charge in [0.05, 0.1) is 12.6 Å². The van der Waals surface area contributed by atoms with Crippen molar-refractivity contribution in [3.63, 3.8) is 0 Å². The minimum Gasteiger partial charge on any atom is -0.370 e. The van der Waals surface area contributed by atoms with Crippen LogP contribution in [0.1, 0.15) is 121 Å². The summed E-state index contributed by atoms with van der Waals surface area (Å²) in [5, 5.41) is 21.1. The molecule has 2 aromatic carbocycles. The molecule has 0 unspecified atom stereocenters. The lowest BCUT2D eigenvalue weighted by Gasteiger charge is -2.32. The number of carbonyl (C=O) groups excluding carboxylic acids is 13. The molecule has 2 fully saturated rings. The molecule has 0 spiro atoms. The van der Waals surface area contributed by atoms with E-state index in [0.717, 1.165) is 0 Å². The number of nitrogens with one attached hydrogen (secondary N) is 8. The summed E-state index contributed by atoms with van der Waals surface area (Å²) in [6.45, 7) is 3.86. The van der Waals surface area contributed by atoms with Crippen molar-refractivity contribution in [3.05, 3.63) is 71.8 Å². The standard InChI is InChI=1S/C63H98N18O13S/c1-37(2)33-45(57(89)74-41(53(68)85)27-32-95-3)73-52(84)36-72-54(86)46(34-38-15-6-4-7-16-38)78-58(90)47(35-39-17-8-5-9-18-39)79-56(88)42(23-25-50(66)82)75-55(87)43(24-26-51(67)83)76-59(91)49-22-14-31-81(49)62(94)44(20-10-11-28-64)77-60(92)48-21-13-30-80(48)61(93)40(65)19-12-29-71-63(69)70/h4-9,15-18,37,40-49H,10-14,19-36,64-65H2,1-3H3,(H2,66,82)(H2,67,83)(H2,68,85)(H,72,86)(H,73,84)(H,74,89)(H,75,87)(H,76,91)(H,77,92)(H,78,90)(H,79,88)(H4,69,70,71)/t40-,41+,42-,43+,44+,45-,46-,47+,48-,49+/m1/s1. The molecule has 2 saturated heterocycles.